The minimum atomic E-state index is -3.37. The van der Waals surface area contributed by atoms with Crippen molar-refractivity contribution in [2.75, 3.05) is 19.3 Å². The Labute approximate surface area is 147 Å². The van der Waals surface area contributed by atoms with Gasteiger partial charge in [-0.15, -0.1) is 0 Å². The Balaban J connectivity index is 1.99. The summed E-state index contributed by atoms with van der Waals surface area (Å²) in [6, 6.07) is 4.64. The standard InChI is InChI=1S/C17H24N2O5S/c1-4-19(10-16(20)21)13-7-12(8-13)18-17(22)15-9-14(25(3,23)24)6-5-11(15)2/h5-6,9,12-13H,4,7-8,10H2,1-3H3,(H,18,22)(H,20,21). The molecule has 2 rings (SSSR count). The van der Waals surface area contributed by atoms with Crippen LogP contribution in [0.3, 0.4) is 0 Å². The number of likely N-dealkylation sites (N-methyl/N-ethyl adjacent to an activating group) is 1. The number of aryl methyl sites for hydroxylation is 1. The lowest BCUT2D eigenvalue weighted by Crippen LogP contribution is -2.54. The predicted octanol–water partition coefficient (Wildman–Crippen LogP) is 1.07. The van der Waals surface area contributed by atoms with Crippen molar-refractivity contribution >= 4 is 21.7 Å². The molecule has 1 saturated carbocycles. The van der Waals surface area contributed by atoms with Crippen molar-refractivity contribution in [3.63, 3.8) is 0 Å². The molecule has 0 radical (unpaired) electrons. The number of benzene rings is 1. The molecule has 0 unspecified atom stereocenters. The average Bonchev–Trinajstić information content (AvgIpc) is 2.47. The molecule has 1 aliphatic carbocycles. The highest BCUT2D eigenvalue weighted by molar-refractivity contribution is 7.90. The number of carbonyl (C=O) groups is 2. The number of carbonyl (C=O) groups excluding carboxylic acids is 1. The van der Waals surface area contributed by atoms with E-state index in [0.29, 0.717) is 30.5 Å². The minimum Gasteiger partial charge on any atom is -0.480 e. The van der Waals surface area contributed by atoms with Gasteiger partial charge in [0.1, 0.15) is 0 Å². The summed E-state index contributed by atoms with van der Waals surface area (Å²) in [6.45, 7) is 4.32. The summed E-state index contributed by atoms with van der Waals surface area (Å²) in [4.78, 5) is 25.3. The van der Waals surface area contributed by atoms with E-state index in [4.69, 9.17) is 5.11 Å². The van der Waals surface area contributed by atoms with Gasteiger partial charge in [-0.3, -0.25) is 14.5 Å². The molecule has 1 amide bonds. The number of carboxylic acid groups (broad SMARTS) is 1. The Kier molecular flexibility index (Phi) is 5.84. The molecule has 0 aliphatic heterocycles. The van der Waals surface area contributed by atoms with E-state index < -0.39 is 15.8 Å². The lowest BCUT2D eigenvalue weighted by Gasteiger charge is -2.42. The Hall–Kier alpha value is -1.93. The summed E-state index contributed by atoms with van der Waals surface area (Å²) in [5.74, 6) is -1.16. The van der Waals surface area contributed by atoms with Crippen molar-refractivity contribution in [1.29, 1.82) is 0 Å². The van der Waals surface area contributed by atoms with Gasteiger partial charge < -0.3 is 10.4 Å². The largest absolute Gasteiger partial charge is 0.480 e. The molecule has 138 valence electrons. The van der Waals surface area contributed by atoms with E-state index >= 15 is 0 Å². The van der Waals surface area contributed by atoms with E-state index in [-0.39, 0.29) is 29.4 Å². The molecule has 7 nitrogen and oxygen atoms in total. The van der Waals surface area contributed by atoms with Crippen LogP contribution in [0.25, 0.3) is 0 Å². The third kappa shape index (κ3) is 4.79. The molecule has 0 saturated heterocycles. The molecule has 1 aromatic rings. The van der Waals surface area contributed by atoms with Gasteiger partial charge in [0.05, 0.1) is 11.4 Å². The van der Waals surface area contributed by atoms with E-state index in [9.17, 15) is 18.0 Å². The molecule has 1 aliphatic rings. The first-order valence-corrected chi connectivity index (χ1v) is 10.1. The van der Waals surface area contributed by atoms with Crippen LogP contribution in [0.4, 0.5) is 0 Å². The fraction of sp³-hybridized carbons (Fsp3) is 0.529. The van der Waals surface area contributed by atoms with Crippen LogP contribution < -0.4 is 5.32 Å². The van der Waals surface area contributed by atoms with Crippen molar-refractivity contribution in [1.82, 2.24) is 10.2 Å². The summed E-state index contributed by atoms with van der Waals surface area (Å²) >= 11 is 0. The first-order valence-electron chi connectivity index (χ1n) is 8.19. The molecule has 0 atom stereocenters. The zero-order valence-corrected chi connectivity index (χ0v) is 15.5. The highest BCUT2D eigenvalue weighted by atomic mass is 32.2. The second kappa shape index (κ2) is 7.53. The molecule has 8 heteroatoms. The summed E-state index contributed by atoms with van der Waals surface area (Å²) in [5, 5.41) is 11.8. The number of hydrogen-bond acceptors (Lipinski definition) is 5. The summed E-state index contributed by atoms with van der Waals surface area (Å²) in [6.07, 6.45) is 2.49. The monoisotopic (exact) mass is 368 g/mol. The molecule has 0 aromatic heterocycles. The molecule has 0 bridgehead atoms. The van der Waals surface area contributed by atoms with E-state index in [1.165, 1.54) is 12.1 Å². The van der Waals surface area contributed by atoms with E-state index in [1.807, 2.05) is 11.8 Å². The summed E-state index contributed by atoms with van der Waals surface area (Å²) in [7, 11) is -3.37. The first kappa shape index (κ1) is 19.4. The van der Waals surface area contributed by atoms with E-state index in [1.54, 1.807) is 13.0 Å². The fourth-order valence-corrected chi connectivity index (χ4v) is 3.66. The maximum Gasteiger partial charge on any atom is 0.317 e. The average molecular weight is 368 g/mol. The van der Waals surface area contributed by atoms with Crippen LogP contribution in [0.5, 0.6) is 0 Å². The van der Waals surface area contributed by atoms with Gasteiger partial charge in [0, 0.05) is 23.9 Å². The number of hydrogen-bond donors (Lipinski definition) is 2. The van der Waals surface area contributed by atoms with Gasteiger partial charge in [-0.1, -0.05) is 13.0 Å². The number of rotatable bonds is 7. The lowest BCUT2D eigenvalue weighted by atomic mass is 9.85. The number of nitrogens with one attached hydrogen (secondary N) is 1. The Bertz CT molecular complexity index is 769. The van der Waals surface area contributed by atoms with Crippen molar-refractivity contribution < 1.29 is 23.1 Å². The van der Waals surface area contributed by atoms with Crippen LogP contribution in [-0.2, 0) is 14.6 Å². The maximum atomic E-state index is 12.5. The molecule has 1 fully saturated rings. The molecule has 1 aromatic carbocycles. The Morgan fingerprint density at radius 2 is 1.96 bits per heavy atom. The normalized spacial score (nSPS) is 20.2. The summed E-state index contributed by atoms with van der Waals surface area (Å²) < 4.78 is 23.3. The smallest absolute Gasteiger partial charge is 0.317 e. The number of carboxylic acids is 1. The molecular weight excluding hydrogens is 344 g/mol. The minimum absolute atomic E-state index is 0.00263. The highest BCUT2D eigenvalue weighted by Gasteiger charge is 2.35. The SMILES string of the molecule is CCN(CC(=O)O)C1CC(NC(=O)c2cc(S(C)(=O)=O)ccc2C)C1. The highest BCUT2D eigenvalue weighted by Crippen LogP contribution is 2.26. The first-order chi connectivity index (χ1) is 11.6. The lowest BCUT2D eigenvalue weighted by molar-refractivity contribution is -0.139. The van der Waals surface area contributed by atoms with Gasteiger partial charge in [0.25, 0.3) is 5.91 Å². The Morgan fingerprint density at radius 1 is 1.32 bits per heavy atom. The van der Waals surface area contributed by atoms with Crippen LogP contribution in [0.2, 0.25) is 0 Å². The van der Waals surface area contributed by atoms with Gasteiger partial charge in [-0.2, -0.15) is 0 Å². The van der Waals surface area contributed by atoms with Gasteiger partial charge >= 0.3 is 5.97 Å². The van der Waals surface area contributed by atoms with Crippen LogP contribution in [0.1, 0.15) is 35.7 Å². The van der Waals surface area contributed by atoms with Crippen molar-refractivity contribution in [3.05, 3.63) is 29.3 Å². The van der Waals surface area contributed by atoms with Gasteiger partial charge in [-0.25, -0.2) is 8.42 Å². The van der Waals surface area contributed by atoms with Gasteiger partial charge in [0.2, 0.25) is 0 Å². The molecule has 0 heterocycles. The van der Waals surface area contributed by atoms with Gasteiger partial charge in [-0.05, 0) is 44.0 Å². The molecule has 2 N–H and O–H groups in total. The fourth-order valence-electron chi connectivity index (χ4n) is 3.02. The van der Waals surface area contributed by atoms with Crippen LogP contribution in [0, 0.1) is 6.92 Å². The zero-order valence-electron chi connectivity index (χ0n) is 14.7. The van der Waals surface area contributed by atoms with Crippen molar-refractivity contribution in [2.24, 2.45) is 0 Å². The number of aliphatic carboxylic acids is 1. The number of amides is 1. The molecule has 0 spiro atoms. The third-order valence-electron chi connectivity index (χ3n) is 4.59. The van der Waals surface area contributed by atoms with Gasteiger partial charge in [0.15, 0.2) is 9.84 Å². The van der Waals surface area contributed by atoms with Crippen molar-refractivity contribution in [2.45, 2.75) is 43.7 Å². The second-order valence-electron chi connectivity index (χ2n) is 6.50. The predicted molar refractivity (Wildman–Crippen MR) is 93.4 cm³/mol. The molecule has 25 heavy (non-hydrogen) atoms. The van der Waals surface area contributed by atoms with Crippen LogP contribution >= 0.6 is 0 Å². The quantitative estimate of drug-likeness (QED) is 0.746. The van der Waals surface area contributed by atoms with E-state index in [2.05, 4.69) is 5.32 Å². The van der Waals surface area contributed by atoms with E-state index in [0.717, 1.165) is 6.26 Å². The summed E-state index contributed by atoms with van der Waals surface area (Å²) in [5.41, 5.74) is 1.06. The Morgan fingerprint density at radius 3 is 2.48 bits per heavy atom. The molecular formula is C17H24N2O5S. The maximum absolute atomic E-state index is 12.5. The van der Waals surface area contributed by atoms with Crippen LogP contribution in [0.15, 0.2) is 23.1 Å². The second-order valence-corrected chi connectivity index (χ2v) is 8.52. The van der Waals surface area contributed by atoms with Crippen LogP contribution in [-0.4, -0.2) is 61.7 Å². The van der Waals surface area contributed by atoms with Crippen molar-refractivity contribution in [3.8, 4) is 0 Å². The topological polar surface area (TPSA) is 104 Å². The third-order valence-corrected chi connectivity index (χ3v) is 5.70. The zero-order chi connectivity index (χ0) is 18.8. The number of sulfone groups is 1. The number of nitrogens with zero attached hydrogens (tertiary/aromatic N) is 1.